The van der Waals surface area contributed by atoms with E-state index in [0.29, 0.717) is 17.9 Å². The van der Waals surface area contributed by atoms with Crippen LogP contribution in [0.4, 0.5) is 0 Å². The molecular weight excluding hydrogens is 360 g/mol. The van der Waals surface area contributed by atoms with E-state index in [4.69, 9.17) is 10.5 Å². The Morgan fingerprint density at radius 1 is 1.07 bits per heavy atom. The Morgan fingerprint density at radius 3 is 2.38 bits per heavy atom. The second-order valence-corrected chi connectivity index (χ2v) is 8.75. The summed E-state index contributed by atoms with van der Waals surface area (Å²) < 4.78 is 5.47. The van der Waals surface area contributed by atoms with Gasteiger partial charge in [0.25, 0.3) is 0 Å². The fraction of sp³-hybridized carbons (Fsp3) is 0.480. The summed E-state index contributed by atoms with van der Waals surface area (Å²) in [6.07, 6.45) is 5.53. The molecule has 0 aromatic heterocycles. The molecule has 3 N–H and O–H groups in total. The molecule has 3 unspecified atom stereocenters. The minimum atomic E-state index is -0.00957. The van der Waals surface area contributed by atoms with Gasteiger partial charge in [-0.1, -0.05) is 48.9 Å². The van der Waals surface area contributed by atoms with Gasteiger partial charge in [-0.15, -0.1) is 0 Å². The summed E-state index contributed by atoms with van der Waals surface area (Å²) in [4.78, 5) is 12.9. The number of rotatable bonds is 5. The maximum Gasteiger partial charge on any atom is 0.223 e. The average Bonchev–Trinajstić information content (AvgIpc) is 2.73. The van der Waals surface area contributed by atoms with Crippen LogP contribution in [0.2, 0.25) is 0 Å². The molecule has 4 nitrogen and oxygen atoms in total. The topological polar surface area (TPSA) is 64.3 Å². The molecule has 29 heavy (non-hydrogen) atoms. The zero-order valence-corrected chi connectivity index (χ0v) is 17.4. The summed E-state index contributed by atoms with van der Waals surface area (Å²) in [7, 11) is 1.69. The molecule has 2 bridgehead atoms. The minimum absolute atomic E-state index is 0.00957. The lowest BCUT2D eigenvalue weighted by atomic mass is 9.65. The van der Waals surface area contributed by atoms with Gasteiger partial charge in [-0.25, -0.2) is 0 Å². The third kappa shape index (κ3) is 4.18. The number of nitrogens with one attached hydrogen (secondary N) is 1. The molecule has 1 amide bonds. The average molecular weight is 393 g/mol. The number of hydrogen-bond acceptors (Lipinski definition) is 3. The van der Waals surface area contributed by atoms with Gasteiger partial charge in [0.15, 0.2) is 0 Å². The van der Waals surface area contributed by atoms with Gasteiger partial charge in [-0.05, 0) is 61.6 Å². The standard InChI is InChI=1S/C25H32N2O2/c1-16(27-25(28)21-14-19-6-5-7-20(15-21)24(19)26)17-10-12-18(13-11-17)22-8-3-4-9-23(22)29-2/h3-4,8-13,16,19-21,24H,5-7,14-15,26H2,1-2H3,(H,27,28). The van der Waals surface area contributed by atoms with E-state index in [1.165, 1.54) is 19.3 Å². The number of benzene rings is 2. The minimum Gasteiger partial charge on any atom is -0.496 e. The predicted octanol–water partition coefficient (Wildman–Crippen LogP) is 4.69. The van der Waals surface area contributed by atoms with Gasteiger partial charge >= 0.3 is 0 Å². The van der Waals surface area contributed by atoms with Crippen LogP contribution in [-0.4, -0.2) is 19.1 Å². The van der Waals surface area contributed by atoms with Crippen molar-refractivity contribution < 1.29 is 9.53 Å². The van der Waals surface area contributed by atoms with E-state index in [0.717, 1.165) is 35.3 Å². The van der Waals surface area contributed by atoms with Crippen LogP contribution in [0.3, 0.4) is 0 Å². The molecule has 2 aliphatic rings. The lowest BCUT2D eigenvalue weighted by molar-refractivity contribution is -0.128. The largest absolute Gasteiger partial charge is 0.496 e. The number of fused-ring (bicyclic) bond motifs is 2. The summed E-state index contributed by atoms with van der Waals surface area (Å²) in [6.45, 7) is 2.06. The van der Waals surface area contributed by atoms with E-state index in [9.17, 15) is 4.79 Å². The van der Waals surface area contributed by atoms with Crippen molar-refractivity contribution in [3.63, 3.8) is 0 Å². The Bertz CT molecular complexity index is 834. The number of ether oxygens (including phenoxy) is 1. The molecule has 2 aromatic rings. The van der Waals surface area contributed by atoms with Crippen LogP contribution in [0.25, 0.3) is 11.1 Å². The van der Waals surface area contributed by atoms with Crippen LogP contribution in [0.15, 0.2) is 48.5 Å². The van der Waals surface area contributed by atoms with Crippen molar-refractivity contribution in [3.05, 3.63) is 54.1 Å². The maximum atomic E-state index is 12.9. The third-order valence-electron chi connectivity index (χ3n) is 6.97. The highest BCUT2D eigenvalue weighted by molar-refractivity contribution is 5.79. The molecule has 154 valence electrons. The van der Waals surface area contributed by atoms with E-state index >= 15 is 0 Å². The van der Waals surface area contributed by atoms with Crippen LogP contribution in [0.1, 0.15) is 50.6 Å². The highest BCUT2D eigenvalue weighted by atomic mass is 16.5. The number of methoxy groups -OCH3 is 1. The highest BCUT2D eigenvalue weighted by Crippen LogP contribution is 2.42. The van der Waals surface area contributed by atoms with Gasteiger partial charge in [0.05, 0.1) is 13.2 Å². The van der Waals surface area contributed by atoms with Gasteiger partial charge in [-0.3, -0.25) is 4.79 Å². The third-order valence-corrected chi connectivity index (χ3v) is 6.97. The second kappa shape index (κ2) is 8.58. The molecule has 0 aliphatic heterocycles. The lowest BCUT2D eigenvalue weighted by Gasteiger charge is -2.43. The van der Waals surface area contributed by atoms with Crippen molar-refractivity contribution in [2.75, 3.05) is 7.11 Å². The lowest BCUT2D eigenvalue weighted by Crippen LogP contribution is -2.49. The summed E-state index contributed by atoms with van der Waals surface area (Å²) in [6, 6.07) is 16.7. The summed E-state index contributed by atoms with van der Waals surface area (Å²) in [5.41, 5.74) is 9.68. The molecule has 0 heterocycles. The van der Waals surface area contributed by atoms with E-state index in [2.05, 4.69) is 42.6 Å². The Labute approximate surface area is 173 Å². The van der Waals surface area contributed by atoms with Crippen LogP contribution in [0.5, 0.6) is 5.75 Å². The Hall–Kier alpha value is -2.33. The molecule has 2 aliphatic carbocycles. The maximum absolute atomic E-state index is 12.9. The van der Waals surface area contributed by atoms with Crippen LogP contribution in [-0.2, 0) is 4.79 Å². The van der Waals surface area contributed by atoms with Crippen molar-refractivity contribution in [3.8, 4) is 16.9 Å². The first-order chi connectivity index (χ1) is 14.1. The number of nitrogens with two attached hydrogens (primary N) is 1. The van der Waals surface area contributed by atoms with E-state index in [1.807, 2.05) is 18.2 Å². The fourth-order valence-corrected chi connectivity index (χ4v) is 5.25. The normalized spacial score (nSPS) is 27.1. The van der Waals surface area contributed by atoms with Gasteiger partial charge < -0.3 is 15.8 Å². The molecule has 0 saturated heterocycles. The number of amides is 1. The van der Waals surface area contributed by atoms with Gasteiger partial charge in [0.1, 0.15) is 5.75 Å². The van der Waals surface area contributed by atoms with Gasteiger partial charge in [0, 0.05) is 17.5 Å². The van der Waals surface area contributed by atoms with Crippen molar-refractivity contribution in [1.82, 2.24) is 5.32 Å². The number of carbonyl (C=O) groups excluding carboxylic acids is 1. The van der Waals surface area contributed by atoms with Crippen molar-refractivity contribution in [2.45, 2.75) is 51.1 Å². The zero-order chi connectivity index (χ0) is 20.4. The molecule has 3 atom stereocenters. The van der Waals surface area contributed by atoms with Crippen LogP contribution < -0.4 is 15.8 Å². The fourth-order valence-electron chi connectivity index (χ4n) is 5.25. The first-order valence-corrected chi connectivity index (χ1v) is 10.9. The van der Waals surface area contributed by atoms with E-state index < -0.39 is 0 Å². The molecule has 2 fully saturated rings. The Balaban J connectivity index is 1.41. The van der Waals surface area contributed by atoms with Crippen LogP contribution in [0, 0.1) is 17.8 Å². The summed E-state index contributed by atoms with van der Waals surface area (Å²) in [5, 5.41) is 3.25. The molecule has 2 saturated carbocycles. The first kappa shape index (κ1) is 20.0. The number of para-hydroxylation sites is 1. The first-order valence-electron chi connectivity index (χ1n) is 10.9. The van der Waals surface area contributed by atoms with Crippen molar-refractivity contribution >= 4 is 5.91 Å². The monoisotopic (exact) mass is 392 g/mol. The molecule has 0 radical (unpaired) electrons. The SMILES string of the molecule is COc1ccccc1-c1ccc(C(C)NC(=O)C2CC3CCCC(C2)C3N)cc1. The Kier molecular flexibility index (Phi) is 5.91. The van der Waals surface area contributed by atoms with E-state index in [-0.39, 0.29) is 17.9 Å². The van der Waals surface area contributed by atoms with Gasteiger partial charge in [0.2, 0.25) is 5.91 Å². The van der Waals surface area contributed by atoms with E-state index in [1.54, 1.807) is 7.11 Å². The highest BCUT2D eigenvalue weighted by Gasteiger charge is 2.40. The molecule has 2 aromatic carbocycles. The van der Waals surface area contributed by atoms with Crippen LogP contribution >= 0.6 is 0 Å². The second-order valence-electron chi connectivity index (χ2n) is 8.75. The van der Waals surface area contributed by atoms with Crippen molar-refractivity contribution in [1.29, 1.82) is 0 Å². The molecular formula is C25H32N2O2. The predicted molar refractivity (Wildman–Crippen MR) is 117 cm³/mol. The number of carbonyl (C=O) groups is 1. The number of hydrogen-bond donors (Lipinski definition) is 2. The quantitative estimate of drug-likeness (QED) is 0.776. The Morgan fingerprint density at radius 2 is 1.72 bits per heavy atom. The zero-order valence-electron chi connectivity index (χ0n) is 17.4. The molecule has 4 rings (SSSR count). The smallest absolute Gasteiger partial charge is 0.223 e. The molecule has 4 heteroatoms. The summed E-state index contributed by atoms with van der Waals surface area (Å²) >= 11 is 0. The molecule has 0 spiro atoms. The summed E-state index contributed by atoms with van der Waals surface area (Å²) in [5.74, 6) is 2.21. The van der Waals surface area contributed by atoms with Gasteiger partial charge in [-0.2, -0.15) is 0 Å². The van der Waals surface area contributed by atoms with Crippen molar-refractivity contribution in [2.24, 2.45) is 23.5 Å².